The van der Waals surface area contributed by atoms with E-state index in [1.807, 2.05) is 12.1 Å². The number of aromatic nitrogens is 1. The van der Waals surface area contributed by atoms with Crippen molar-refractivity contribution in [2.24, 2.45) is 0 Å². The molecule has 1 aliphatic heterocycles. The molecule has 21 heavy (non-hydrogen) atoms. The molecule has 108 valence electrons. The number of pyridine rings is 1. The Kier molecular flexibility index (Phi) is 3.25. The third kappa shape index (κ3) is 2.20. The van der Waals surface area contributed by atoms with Crippen LogP contribution in [0, 0.1) is 0 Å². The van der Waals surface area contributed by atoms with Gasteiger partial charge in [-0.25, -0.2) is 9.78 Å². The molecule has 0 amide bonds. The maximum atomic E-state index is 11.8. The minimum atomic E-state index is -0.448. The molecule has 2 aromatic rings. The highest BCUT2D eigenvalue weighted by molar-refractivity contribution is 5.96. The molecule has 0 spiro atoms. The van der Waals surface area contributed by atoms with E-state index >= 15 is 0 Å². The summed E-state index contributed by atoms with van der Waals surface area (Å²) in [5.41, 5.74) is 8.89. The first-order valence-electron chi connectivity index (χ1n) is 6.82. The monoisotopic (exact) mass is 283 g/mol. The molecular formula is C16H17N3O2. The number of anilines is 3. The Morgan fingerprint density at radius 2 is 2.19 bits per heavy atom. The smallest absolute Gasteiger partial charge is 0.340 e. The summed E-state index contributed by atoms with van der Waals surface area (Å²) in [6, 6.07) is 10.2. The molecule has 0 saturated carbocycles. The van der Waals surface area contributed by atoms with Crippen LogP contribution >= 0.6 is 0 Å². The zero-order valence-corrected chi connectivity index (χ0v) is 12.0. The highest BCUT2D eigenvalue weighted by atomic mass is 16.5. The van der Waals surface area contributed by atoms with E-state index in [1.165, 1.54) is 18.9 Å². The van der Waals surface area contributed by atoms with Gasteiger partial charge in [-0.3, -0.25) is 0 Å². The van der Waals surface area contributed by atoms with E-state index in [4.69, 9.17) is 10.5 Å². The van der Waals surface area contributed by atoms with Gasteiger partial charge in [0.25, 0.3) is 0 Å². The number of hydrogen-bond donors (Lipinski definition) is 1. The van der Waals surface area contributed by atoms with Crippen LogP contribution in [0.3, 0.4) is 0 Å². The van der Waals surface area contributed by atoms with Crippen LogP contribution < -0.4 is 10.6 Å². The maximum Gasteiger partial charge on any atom is 0.340 e. The van der Waals surface area contributed by atoms with Crippen LogP contribution in [-0.2, 0) is 11.2 Å². The van der Waals surface area contributed by atoms with Crippen LogP contribution in [0.5, 0.6) is 0 Å². The predicted molar refractivity (Wildman–Crippen MR) is 81.7 cm³/mol. The molecule has 1 unspecified atom stereocenters. The van der Waals surface area contributed by atoms with Gasteiger partial charge < -0.3 is 15.4 Å². The molecule has 3 rings (SSSR count). The highest BCUT2D eigenvalue weighted by Crippen LogP contribution is 2.37. The number of carbonyl (C=O) groups excluding carboxylic acids is 1. The fourth-order valence-corrected chi connectivity index (χ4v) is 2.79. The Morgan fingerprint density at radius 1 is 1.43 bits per heavy atom. The fraction of sp³-hybridized carbons (Fsp3) is 0.250. The second-order valence-corrected chi connectivity index (χ2v) is 5.17. The van der Waals surface area contributed by atoms with Gasteiger partial charge in [-0.15, -0.1) is 0 Å². The lowest BCUT2D eigenvalue weighted by Crippen LogP contribution is -2.25. The Balaban J connectivity index is 2.07. The predicted octanol–water partition coefficient (Wildman–Crippen LogP) is 2.53. The van der Waals surface area contributed by atoms with E-state index in [0.29, 0.717) is 17.1 Å². The van der Waals surface area contributed by atoms with E-state index in [9.17, 15) is 4.79 Å². The van der Waals surface area contributed by atoms with Gasteiger partial charge >= 0.3 is 5.97 Å². The van der Waals surface area contributed by atoms with Crippen molar-refractivity contribution in [1.82, 2.24) is 4.98 Å². The average molecular weight is 283 g/mol. The van der Waals surface area contributed by atoms with E-state index < -0.39 is 5.97 Å². The number of esters is 1. The first-order chi connectivity index (χ1) is 10.1. The van der Waals surface area contributed by atoms with Gasteiger partial charge in [0.05, 0.1) is 24.6 Å². The summed E-state index contributed by atoms with van der Waals surface area (Å²) in [6.45, 7) is 2.13. The minimum absolute atomic E-state index is 0.282. The zero-order valence-electron chi connectivity index (χ0n) is 12.0. The maximum absolute atomic E-state index is 11.8. The quantitative estimate of drug-likeness (QED) is 0.858. The van der Waals surface area contributed by atoms with Crippen molar-refractivity contribution in [1.29, 1.82) is 0 Å². The molecule has 0 bridgehead atoms. The van der Waals surface area contributed by atoms with Gasteiger partial charge in [-0.1, -0.05) is 18.2 Å². The third-order valence-corrected chi connectivity index (χ3v) is 3.78. The van der Waals surface area contributed by atoms with Crippen molar-refractivity contribution >= 4 is 23.2 Å². The Hall–Kier alpha value is -2.56. The van der Waals surface area contributed by atoms with Crippen LogP contribution in [0.4, 0.5) is 17.2 Å². The topological polar surface area (TPSA) is 68.5 Å². The van der Waals surface area contributed by atoms with Gasteiger partial charge in [0, 0.05) is 11.7 Å². The molecule has 1 aliphatic rings. The lowest BCUT2D eigenvalue weighted by atomic mass is 10.1. The second kappa shape index (κ2) is 5.09. The lowest BCUT2D eigenvalue weighted by molar-refractivity contribution is 0.0602. The van der Waals surface area contributed by atoms with Crippen molar-refractivity contribution < 1.29 is 9.53 Å². The molecule has 5 nitrogen and oxygen atoms in total. The molecule has 0 aliphatic carbocycles. The summed E-state index contributed by atoms with van der Waals surface area (Å²) in [5, 5.41) is 0. The Labute approximate surface area is 123 Å². The number of nitrogens with two attached hydrogens (primary N) is 1. The zero-order chi connectivity index (χ0) is 15.0. The standard InChI is InChI=1S/C16H17N3O2/c1-10-7-11-5-3-4-6-14(11)19(10)15-8-12(16(20)21-2)13(17)9-18-15/h3-6,8-10H,7,17H2,1-2H3. The molecular weight excluding hydrogens is 266 g/mol. The van der Waals surface area contributed by atoms with Gasteiger partial charge in [0.15, 0.2) is 0 Å². The number of methoxy groups -OCH3 is 1. The summed E-state index contributed by atoms with van der Waals surface area (Å²) in [5.74, 6) is 0.262. The van der Waals surface area contributed by atoms with Gasteiger partial charge in [-0.2, -0.15) is 0 Å². The number of ether oxygens (including phenoxy) is 1. The first-order valence-corrected chi connectivity index (χ1v) is 6.82. The number of carbonyl (C=O) groups is 1. The molecule has 1 aromatic heterocycles. The minimum Gasteiger partial charge on any atom is -0.465 e. The Morgan fingerprint density at radius 3 is 2.95 bits per heavy atom. The van der Waals surface area contributed by atoms with Crippen LogP contribution in [-0.4, -0.2) is 24.1 Å². The van der Waals surface area contributed by atoms with Crippen molar-refractivity contribution in [3.8, 4) is 0 Å². The summed E-state index contributed by atoms with van der Waals surface area (Å²) in [6.07, 6.45) is 2.46. The van der Waals surface area contributed by atoms with Gasteiger partial charge in [0.1, 0.15) is 5.82 Å². The first kappa shape index (κ1) is 13.4. The van der Waals surface area contributed by atoms with Crippen molar-refractivity contribution in [3.05, 3.63) is 47.7 Å². The largest absolute Gasteiger partial charge is 0.465 e. The Bertz CT molecular complexity index is 700. The molecule has 1 aromatic carbocycles. The molecule has 2 heterocycles. The molecule has 2 N–H and O–H groups in total. The second-order valence-electron chi connectivity index (χ2n) is 5.17. The SMILES string of the molecule is COC(=O)c1cc(N2c3ccccc3CC2C)ncc1N. The summed E-state index contributed by atoms with van der Waals surface area (Å²) < 4.78 is 4.77. The van der Waals surface area contributed by atoms with Gasteiger partial charge in [-0.05, 0) is 31.0 Å². The number of nitrogen functional groups attached to an aromatic ring is 1. The van der Waals surface area contributed by atoms with Crippen LogP contribution in [0.1, 0.15) is 22.8 Å². The van der Waals surface area contributed by atoms with Crippen molar-refractivity contribution in [2.45, 2.75) is 19.4 Å². The van der Waals surface area contributed by atoms with Crippen LogP contribution in [0.2, 0.25) is 0 Å². The number of benzene rings is 1. The van der Waals surface area contributed by atoms with Crippen molar-refractivity contribution in [3.63, 3.8) is 0 Å². The molecule has 0 fully saturated rings. The average Bonchev–Trinajstić information content (AvgIpc) is 2.83. The summed E-state index contributed by atoms with van der Waals surface area (Å²) >= 11 is 0. The van der Waals surface area contributed by atoms with Gasteiger partial charge in [0.2, 0.25) is 0 Å². The molecule has 5 heteroatoms. The van der Waals surface area contributed by atoms with Crippen LogP contribution in [0.15, 0.2) is 36.5 Å². The van der Waals surface area contributed by atoms with E-state index in [-0.39, 0.29) is 6.04 Å². The number of nitrogens with zero attached hydrogens (tertiary/aromatic N) is 2. The molecule has 1 atom stereocenters. The van der Waals surface area contributed by atoms with Crippen molar-refractivity contribution in [2.75, 3.05) is 17.7 Å². The summed E-state index contributed by atoms with van der Waals surface area (Å²) in [4.78, 5) is 18.3. The lowest BCUT2D eigenvalue weighted by Gasteiger charge is -2.24. The molecule has 0 radical (unpaired) electrons. The normalized spacial score (nSPS) is 16.7. The number of para-hydroxylation sites is 1. The van der Waals surface area contributed by atoms with E-state index in [2.05, 4.69) is 28.9 Å². The molecule has 0 saturated heterocycles. The fourth-order valence-electron chi connectivity index (χ4n) is 2.79. The number of fused-ring (bicyclic) bond motifs is 1. The number of hydrogen-bond acceptors (Lipinski definition) is 5. The highest BCUT2D eigenvalue weighted by Gasteiger charge is 2.28. The number of rotatable bonds is 2. The van der Waals surface area contributed by atoms with E-state index in [1.54, 1.807) is 6.07 Å². The summed E-state index contributed by atoms with van der Waals surface area (Å²) in [7, 11) is 1.34. The third-order valence-electron chi connectivity index (χ3n) is 3.78. The van der Waals surface area contributed by atoms with Crippen LogP contribution in [0.25, 0.3) is 0 Å². The van der Waals surface area contributed by atoms with E-state index in [0.717, 1.165) is 12.1 Å².